The first-order valence-corrected chi connectivity index (χ1v) is 6.84. The Morgan fingerprint density at radius 3 is 2.82 bits per heavy atom. The predicted molar refractivity (Wildman–Crippen MR) is 69.2 cm³/mol. The third-order valence-corrected chi connectivity index (χ3v) is 4.70. The molecule has 1 aromatic rings. The van der Waals surface area contributed by atoms with Crippen molar-refractivity contribution in [2.75, 3.05) is 0 Å². The summed E-state index contributed by atoms with van der Waals surface area (Å²) < 4.78 is 0. The second kappa shape index (κ2) is 3.97. The predicted octanol–water partition coefficient (Wildman–Crippen LogP) is 4.01. The van der Waals surface area contributed by atoms with Crippen molar-refractivity contribution in [2.24, 2.45) is 11.3 Å². The average molecular weight is 228 g/mol. The first kappa shape index (κ1) is 11.0. The number of carbonyl (C=O) groups is 1. The van der Waals surface area contributed by atoms with Crippen molar-refractivity contribution in [1.29, 1.82) is 0 Å². The molecule has 2 unspecified atom stereocenters. The van der Waals surface area contributed by atoms with Gasteiger partial charge in [-0.15, -0.1) is 0 Å². The number of aryl methyl sites for hydroxylation is 1. The van der Waals surface area contributed by atoms with E-state index in [0.29, 0.717) is 5.78 Å². The Labute approximate surface area is 103 Å². The van der Waals surface area contributed by atoms with Crippen molar-refractivity contribution in [3.63, 3.8) is 0 Å². The molecule has 1 saturated carbocycles. The molecule has 2 atom stereocenters. The van der Waals surface area contributed by atoms with E-state index in [0.717, 1.165) is 37.2 Å². The largest absolute Gasteiger partial charge is 0.294 e. The Hall–Kier alpha value is -1.11. The van der Waals surface area contributed by atoms with Crippen LogP contribution >= 0.6 is 0 Å². The first-order chi connectivity index (χ1) is 8.21. The highest BCUT2D eigenvalue weighted by Gasteiger charge is 2.44. The van der Waals surface area contributed by atoms with Gasteiger partial charge < -0.3 is 0 Å². The number of fused-ring (bicyclic) bond motifs is 1. The number of hydrogen-bond acceptors (Lipinski definition) is 1. The number of hydrogen-bond donors (Lipinski definition) is 0. The molecule has 3 rings (SSSR count). The number of benzene rings is 1. The van der Waals surface area contributed by atoms with Gasteiger partial charge in [-0.2, -0.15) is 0 Å². The van der Waals surface area contributed by atoms with E-state index >= 15 is 0 Å². The molecule has 0 aromatic heterocycles. The lowest BCUT2D eigenvalue weighted by molar-refractivity contribution is 0.0781. The fourth-order valence-corrected chi connectivity index (χ4v) is 3.80. The van der Waals surface area contributed by atoms with E-state index in [2.05, 4.69) is 19.1 Å². The summed E-state index contributed by atoms with van der Waals surface area (Å²) in [5.41, 5.74) is 2.28. The molecule has 0 heterocycles. The van der Waals surface area contributed by atoms with Gasteiger partial charge in [0.05, 0.1) is 0 Å². The van der Waals surface area contributed by atoms with Crippen molar-refractivity contribution >= 4 is 5.78 Å². The highest BCUT2D eigenvalue weighted by molar-refractivity contribution is 6.02. The van der Waals surface area contributed by atoms with Crippen molar-refractivity contribution in [2.45, 2.75) is 45.4 Å². The summed E-state index contributed by atoms with van der Waals surface area (Å²) in [7, 11) is 0. The Morgan fingerprint density at radius 2 is 2.06 bits per heavy atom. The second-order valence-corrected chi connectivity index (χ2v) is 5.97. The topological polar surface area (TPSA) is 17.1 Å². The van der Waals surface area contributed by atoms with Crippen molar-refractivity contribution < 1.29 is 4.79 Å². The zero-order chi connectivity index (χ0) is 11.9. The van der Waals surface area contributed by atoms with Crippen LogP contribution in [0.1, 0.15) is 54.9 Å². The van der Waals surface area contributed by atoms with Gasteiger partial charge in [0.25, 0.3) is 0 Å². The Balaban J connectivity index is 2.03. The van der Waals surface area contributed by atoms with Crippen LogP contribution in [0.15, 0.2) is 24.3 Å². The van der Waals surface area contributed by atoms with E-state index < -0.39 is 0 Å². The van der Waals surface area contributed by atoms with Crippen LogP contribution in [-0.4, -0.2) is 5.78 Å². The maximum absolute atomic E-state index is 12.8. The number of Topliss-reactive ketones (excluding diaryl/α,β-unsaturated/α-hetero) is 1. The van der Waals surface area contributed by atoms with Gasteiger partial charge in [-0.1, -0.05) is 31.2 Å². The van der Waals surface area contributed by atoms with E-state index in [1.807, 2.05) is 12.1 Å². The van der Waals surface area contributed by atoms with E-state index in [4.69, 9.17) is 0 Å². The molecule has 90 valence electrons. The molecule has 1 nitrogen and oxygen atoms in total. The van der Waals surface area contributed by atoms with Crippen LogP contribution in [0.5, 0.6) is 0 Å². The molecule has 0 amide bonds. The van der Waals surface area contributed by atoms with Gasteiger partial charge in [0, 0.05) is 11.0 Å². The van der Waals surface area contributed by atoms with Gasteiger partial charge >= 0.3 is 0 Å². The molecule has 1 fully saturated rings. The summed E-state index contributed by atoms with van der Waals surface area (Å²) in [6.07, 6.45) is 6.81. The average Bonchev–Trinajstić information content (AvgIpc) is 2.65. The van der Waals surface area contributed by atoms with Gasteiger partial charge in [0.1, 0.15) is 0 Å². The zero-order valence-electron chi connectivity index (χ0n) is 10.5. The monoisotopic (exact) mass is 228 g/mol. The summed E-state index contributed by atoms with van der Waals surface area (Å²) in [5.74, 6) is 1.17. The Morgan fingerprint density at radius 1 is 1.24 bits per heavy atom. The van der Waals surface area contributed by atoms with Crippen LogP contribution in [-0.2, 0) is 6.42 Å². The Kier molecular flexibility index (Phi) is 2.57. The summed E-state index contributed by atoms with van der Waals surface area (Å²) in [4.78, 5) is 12.8. The van der Waals surface area contributed by atoms with E-state index in [1.54, 1.807) is 0 Å². The highest BCUT2D eigenvalue weighted by atomic mass is 16.1. The minimum absolute atomic E-state index is 0.00792. The third kappa shape index (κ3) is 1.72. The maximum Gasteiger partial charge on any atom is 0.169 e. The lowest BCUT2D eigenvalue weighted by atomic mass is 9.76. The maximum atomic E-state index is 12.8. The van der Waals surface area contributed by atoms with Gasteiger partial charge in [0.15, 0.2) is 5.78 Å². The first-order valence-electron chi connectivity index (χ1n) is 6.84. The van der Waals surface area contributed by atoms with Crippen molar-refractivity contribution in [3.8, 4) is 0 Å². The molecule has 1 spiro atoms. The second-order valence-electron chi connectivity index (χ2n) is 5.97. The minimum atomic E-state index is -0.00792. The van der Waals surface area contributed by atoms with Crippen LogP contribution < -0.4 is 0 Å². The summed E-state index contributed by atoms with van der Waals surface area (Å²) >= 11 is 0. The molecular formula is C16H20O. The summed E-state index contributed by atoms with van der Waals surface area (Å²) in [6, 6.07) is 8.23. The molecule has 0 bridgehead atoms. The third-order valence-electron chi connectivity index (χ3n) is 4.70. The quantitative estimate of drug-likeness (QED) is 0.655. The molecule has 0 aliphatic heterocycles. The molecule has 17 heavy (non-hydrogen) atoms. The van der Waals surface area contributed by atoms with Gasteiger partial charge in [0.2, 0.25) is 0 Å². The SMILES string of the molecule is CC1CCC2(CCCc3ccccc3C2=O)C1. The molecule has 0 saturated heterocycles. The Bertz CT molecular complexity index is 449. The molecule has 1 heteroatoms. The fourth-order valence-electron chi connectivity index (χ4n) is 3.80. The van der Waals surface area contributed by atoms with Gasteiger partial charge in [-0.25, -0.2) is 0 Å². The number of rotatable bonds is 0. The summed E-state index contributed by atoms with van der Waals surface area (Å²) in [5, 5.41) is 0. The normalized spacial score (nSPS) is 32.5. The summed E-state index contributed by atoms with van der Waals surface area (Å²) in [6.45, 7) is 2.29. The van der Waals surface area contributed by atoms with Crippen LogP contribution in [0.2, 0.25) is 0 Å². The molecule has 2 aliphatic carbocycles. The van der Waals surface area contributed by atoms with Crippen molar-refractivity contribution in [3.05, 3.63) is 35.4 Å². The lowest BCUT2D eigenvalue weighted by Gasteiger charge is -2.26. The lowest BCUT2D eigenvalue weighted by Crippen LogP contribution is -2.27. The standard InChI is InChI=1S/C16H20O/c1-12-8-10-16(11-12)9-4-6-13-5-2-3-7-14(13)15(16)17/h2-3,5,7,12H,4,6,8-11H2,1H3. The fraction of sp³-hybridized carbons (Fsp3) is 0.562. The molecular weight excluding hydrogens is 208 g/mol. The zero-order valence-corrected chi connectivity index (χ0v) is 10.5. The molecule has 0 radical (unpaired) electrons. The van der Waals surface area contributed by atoms with Gasteiger partial charge in [-0.3, -0.25) is 4.79 Å². The molecule has 1 aromatic carbocycles. The molecule has 2 aliphatic rings. The van der Waals surface area contributed by atoms with E-state index in [1.165, 1.54) is 18.4 Å². The van der Waals surface area contributed by atoms with Crippen LogP contribution in [0.25, 0.3) is 0 Å². The molecule has 0 N–H and O–H groups in total. The van der Waals surface area contributed by atoms with Crippen LogP contribution in [0.4, 0.5) is 0 Å². The van der Waals surface area contributed by atoms with E-state index in [-0.39, 0.29) is 5.41 Å². The smallest absolute Gasteiger partial charge is 0.169 e. The number of carbonyl (C=O) groups excluding carboxylic acids is 1. The van der Waals surface area contributed by atoms with Crippen LogP contribution in [0.3, 0.4) is 0 Å². The van der Waals surface area contributed by atoms with Crippen molar-refractivity contribution in [1.82, 2.24) is 0 Å². The highest BCUT2D eigenvalue weighted by Crippen LogP contribution is 2.49. The number of ketones is 1. The van der Waals surface area contributed by atoms with Gasteiger partial charge in [-0.05, 0) is 50.0 Å². The van der Waals surface area contributed by atoms with E-state index in [9.17, 15) is 4.79 Å². The van der Waals surface area contributed by atoms with Crippen LogP contribution in [0, 0.1) is 11.3 Å². The minimum Gasteiger partial charge on any atom is -0.294 e.